The quantitative estimate of drug-likeness (QED) is 0.750. The third-order valence-corrected chi connectivity index (χ3v) is 5.05. The largest absolute Gasteiger partial charge is 0.378 e. The zero-order valence-electron chi connectivity index (χ0n) is 16.3. The molecule has 2 aliphatic heterocycles. The molecule has 2 aromatic rings. The summed E-state index contributed by atoms with van der Waals surface area (Å²) in [6, 6.07) is 0. The summed E-state index contributed by atoms with van der Waals surface area (Å²) in [5.74, 6) is 0.0919. The van der Waals surface area contributed by atoms with Crippen molar-refractivity contribution in [2.45, 2.75) is 32.4 Å². The molecule has 4 heterocycles. The van der Waals surface area contributed by atoms with E-state index in [9.17, 15) is 9.18 Å². The molecule has 2 aromatic heterocycles. The van der Waals surface area contributed by atoms with Crippen LogP contribution in [0.25, 0.3) is 0 Å². The number of anilines is 2. The Kier molecular flexibility index (Phi) is 6.13. The Morgan fingerprint density at radius 3 is 2.76 bits per heavy atom. The van der Waals surface area contributed by atoms with Gasteiger partial charge in [0.15, 0.2) is 11.6 Å². The van der Waals surface area contributed by atoms with E-state index in [1.807, 2.05) is 9.80 Å². The second-order valence-electron chi connectivity index (χ2n) is 7.17. The molecule has 2 fully saturated rings. The highest BCUT2D eigenvalue weighted by molar-refractivity contribution is 5.75. The molecule has 2 aliphatic rings. The SMILES string of the molecule is O=C(Cn1cc(CNc2nc(N3CCOCC3)ncc2F)nn1)N1CCCCC1. The number of halogens is 1. The standard InChI is InChI=1S/C18H25FN8O2/c19-15-11-21-18(26-6-8-29-9-7-26)22-17(15)20-10-14-12-27(24-23-14)13-16(28)25-4-2-1-3-5-25/h11-12H,1-10,13H2,(H,20,21,22). The van der Waals surface area contributed by atoms with Crippen LogP contribution in [0.3, 0.4) is 0 Å². The number of likely N-dealkylation sites (tertiary alicyclic amines) is 1. The number of aromatic nitrogens is 5. The van der Waals surface area contributed by atoms with Gasteiger partial charge in [0.25, 0.3) is 0 Å². The molecule has 0 aromatic carbocycles. The summed E-state index contributed by atoms with van der Waals surface area (Å²) in [5.41, 5.74) is 0.599. The fourth-order valence-electron chi connectivity index (χ4n) is 3.45. The highest BCUT2D eigenvalue weighted by atomic mass is 19.1. The molecule has 11 heteroatoms. The molecule has 29 heavy (non-hydrogen) atoms. The molecule has 4 rings (SSSR count). The molecule has 1 amide bonds. The van der Waals surface area contributed by atoms with Crippen molar-refractivity contribution in [1.29, 1.82) is 0 Å². The van der Waals surface area contributed by atoms with Gasteiger partial charge < -0.3 is 19.9 Å². The van der Waals surface area contributed by atoms with Crippen molar-refractivity contribution >= 4 is 17.7 Å². The first kappa shape index (κ1) is 19.5. The molecule has 0 atom stereocenters. The summed E-state index contributed by atoms with van der Waals surface area (Å²) in [7, 11) is 0. The lowest BCUT2D eigenvalue weighted by Crippen LogP contribution is -2.37. The van der Waals surface area contributed by atoms with Gasteiger partial charge in [-0.1, -0.05) is 5.21 Å². The number of carbonyl (C=O) groups is 1. The average Bonchev–Trinajstić information content (AvgIpc) is 3.21. The maximum Gasteiger partial charge on any atom is 0.244 e. The molecule has 0 spiro atoms. The number of nitrogens with one attached hydrogen (secondary N) is 1. The van der Waals surface area contributed by atoms with E-state index in [0.29, 0.717) is 37.9 Å². The minimum atomic E-state index is -0.533. The van der Waals surface area contributed by atoms with Gasteiger partial charge in [0.05, 0.1) is 32.2 Å². The second kappa shape index (κ2) is 9.12. The van der Waals surface area contributed by atoms with Crippen molar-refractivity contribution in [3.63, 3.8) is 0 Å². The van der Waals surface area contributed by atoms with E-state index < -0.39 is 5.82 Å². The van der Waals surface area contributed by atoms with Crippen LogP contribution in [0.2, 0.25) is 0 Å². The number of amides is 1. The fourth-order valence-corrected chi connectivity index (χ4v) is 3.45. The molecule has 0 radical (unpaired) electrons. The number of morpholine rings is 1. The maximum absolute atomic E-state index is 14.1. The van der Waals surface area contributed by atoms with Gasteiger partial charge in [-0.2, -0.15) is 4.98 Å². The average molecular weight is 404 g/mol. The van der Waals surface area contributed by atoms with E-state index in [0.717, 1.165) is 32.1 Å². The summed E-state index contributed by atoms with van der Waals surface area (Å²) in [6.45, 7) is 4.56. The number of carbonyl (C=O) groups excluding carboxylic acids is 1. The number of hydrogen-bond donors (Lipinski definition) is 1. The summed E-state index contributed by atoms with van der Waals surface area (Å²) in [5, 5.41) is 11.0. The normalized spacial score (nSPS) is 17.4. The van der Waals surface area contributed by atoms with Crippen LogP contribution in [0.1, 0.15) is 25.0 Å². The Hall–Kier alpha value is -2.82. The first-order chi connectivity index (χ1) is 14.2. The van der Waals surface area contributed by atoms with Crippen LogP contribution in [0.15, 0.2) is 12.4 Å². The van der Waals surface area contributed by atoms with E-state index in [1.54, 1.807) is 6.20 Å². The molecule has 0 saturated carbocycles. The van der Waals surface area contributed by atoms with Gasteiger partial charge in [0, 0.05) is 26.2 Å². The molecule has 0 aliphatic carbocycles. The molecule has 2 saturated heterocycles. The summed E-state index contributed by atoms with van der Waals surface area (Å²) in [4.78, 5) is 24.5. The van der Waals surface area contributed by atoms with Gasteiger partial charge in [-0.15, -0.1) is 5.10 Å². The van der Waals surface area contributed by atoms with E-state index in [1.165, 1.54) is 11.1 Å². The minimum Gasteiger partial charge on any atom is -0.378 e. The molecule has 0 unspecified atom stereocenters. The highest BCUT2D eigenvalue weighted by Gasteiger charge is 2.18. The minimum absolute atomic E-state index is 0.0473. The molecular formula is C18H25FN8O2. The van der Waals surface area contributed by atoms with E-state index in [-0.39, 0.29) is 24.8 Å². The van der Waals surface area contributed by atoms with Crippen molar-refractivity contribution in [2.75, 3.05) is 49.6 Å². The van der Waals surface area contributed by atoms with Gasteiger partial charge in [-0.25, -0.2) is 14.1 Å². The van der Waals surface area contributed by atoms with Gasteiger partial charge in [0.1, 0.15) is 12.2 Å². The fraction of sp³-hybridized carbons (Fsp3) is 0.611. The zero-order valence-corrected chi connectivity index (χ0v) is 16.3. The van der Waals surface area contributed by atoms with Crippen molar-refractivity contribution in [2.24, 2.45) is 0 Å². The van der Waals surface area contributed by atoms with Crippen LogP contribution >= 0.6 is 0 Å². The molecule has 1 N–H and O–H groups in total. The summed E-state index contributed by atoms with van der Waals surface area (Å²) < 4.78 is 20.9. The highest BCUT2D eigenvalue weighted by Crippen LogP contribution is 2.17. The van der Waals surface area contributed by atoms with Crippen LogP contribution in [0.5, 0.6) is 0 Å². The molecule has 0 bridgehead atoms. The number of ether oxygens (including phenoxy) is 1. The number of rotatable bonds is 6. The monoisotopic (exact) mass is 404 g/mol. The first-order valence-electron chi connectivity index (χ1n) is 9.95. The van der Waals surface area contributed by atoms with E-state index >= 15 is 0 Å². The third kappa shape index (κ3) is 4.97. The second-order valence-corrected chi connectivity index (χ2v) is 7.17. The van der Waals surface area contributed by atoms with Gasteiger partial charge >= 0.3 is 0 Å². The summed E-state index contributed by atoms with van der Waals surface area (Å²) >= 11 is 0. The molecular weight excluding hydrogens is 379 g/mol. The Bertz CT molecular complexity index is 833. The lowest BCUT2D eigenvalue weighted by Gasteiger charge is -2.26. The predicted molar refractivity (Wildman–Crippen MR) is 103 cm³/mol. The van der Waals surface area contributed by atoms with Crippen molar-refractivity contribution in [3.05, 3.63) is 23.9 Å². The Balaban J connectivity index is 1.34. The smallest absolute Gasteiger partial charge is 0.244 e. The van der Waals surface area contributed by atoms with Crippen LogP contribution in [-0.2, 0) is 22.6 Å². The van der Waals surface area contributed by atoms with Gasteiger partial charge in [-0.05, 0) is 19.3 Å². The van der Waals surface area contributed by atoms with Gasteiger partial charge in [0.2, 0.25) is 11.9 Å². The van der Waals surface area contributed by atoms with Crippen LogP contribution in [0.4, 0.5) is 16.2 Å². The Morgan fingerprint density at radius 2 is 1.97 bits per heavy atom. The van der Waals surface area contributed by atoms with E-state index in [2.05, 4.69) is 25.6 Å². The van der Waals surface area contributed by atoms with Gasteiger partial charge in [-0.3, -0.25) is 4.79 Å². The van der Waals surface area contributed by atoms with Crippen LogP contribution in [0, 0.1) is 5.82 Å². The van der Waals surface area contributed by atoms with E-state index in [4.69, 9.17) is 4.74 Å². The molecule has 156 valence electrons. The Labute approximate surface area is 168 Å². The third-order valence-electron chi connectivity index (χ3n) is 5.05. The zero-order chi connectivity index (χ0) is 20.1. The summed E-state index contributed by atoms with van der Waals surface area (Å²) in [6.07, 6.45) is 6.13. The van der Waals surface area contributed by atoms with Crippen molar-refractivity contribution in [1.82, 2.24) is 29.9 Å². The predicted octanol–water partition coefficient (Wildman–Crippen LogP) is 0.668. The maximum atomic E-state index is 14.1. The van der Waals surface area contributed by atoms with Crippen LogP contribution < -0.4 is 10.2 Å². The van der Waals surface area contributed by atoms with Crippen molar-refractivity contribution in [3.8, 4) is 0 Å². The Morgan fingerprint density at radius 1 is 1.17 bits per heavy atom. The lowest BCUT2D eigenvalue weighted by atomic mass is 10.1. The first-order valence-corrected chi connectivity index (χ1v) is 9.95. The lowest BCUT2D eigenvalue weighted by molar-refractivity contribution is -0.132. The number of hydrogen-bond acceptors (Lipinski definition) is 8. The number of nitrogens with zero attached hydrogens (tertiary/aromatic N) is 7. The number of piperidine rings is 1. The molecule has 10 nitrogen and oxygen atoms in total. The van der Waals surface area contributed by atoms with Crippen molar-refractivity contribution < 1.29 is 13.9 Å². The van der Waals surface area contributed by atoms with Crippen LogP contribution in [-0.4, -0.2) is 75.2 Å². The topological polar surface area (TPSA) is 101 Å².